The summed E-state index contributed by atoms with van der Waals surface area (Å²) in [6.45, 7) is 13.2. The Morgan fingerprint density at radius 3 is 2.55 bits per heavy atom. The average Bonchev–Trinajstić information content (AvgIpc) is 2.88. The first-order valence-corrected chi connectivity index (χ1v) is 11.2. The Morgan fingerprint density at radius 2 is 1.83 bits per heavy atom. The number of rotatable bonds is 5. The summed E-state index contributed by atoms with van der Waals surface area (Å²) in [7, 11) is 0. The van der Waals surface area contributed by atoms with E-state index in [-0.39, 0.29) is 16.4 Å². The van der Waals surface area contributed by atoms with Gasteiger partial charge in [0.1, 0.15) is 11.4 Å². The molecule has 2 heterocycles. The minimum absolute atomic E-state index is 0.120. The molecule has 0 bridgehead atoms. The lowest BCUT2D eigenvalue weighted by atomic mass is 9.62. The molecule has 0 spiro atoms. The van der Waals surface area contributed by atoms with E-state index >= 15 is 0 Å². The predicted molar refractivity (Wildman–Crippen MR) is 122 cm³/mol. The highest BCUT2D eigenvalue weighted by molar-refractivity contribution is 6.28. The van der Waals surface area contributed by atoms with Crippen LogP contribution in [0.2, 0.25) is 0 Å². The second kappa shape index (κ2) is 6.75. The summed E-state index contributed by atoms with van der Waals surface area (Å²) in [4.78, 5) is 0. The average molecular weight is 394 g/mol. The third-order valence-electron chi connectivity index (χ3n) is 6.71. The summed E-state index contributed by atoms with van der Waals surface area (Å²) < 4.78 is 7.40. The van der Waals surface area contributed by atoms with E-state index in [0.717, 1.165) is 40.3 Å². The number of hydrogen-bond donors (Lipinski definition) is 0. The molecule has 1 unspecified atom stereocenters. The molecule has 1 aromatic carbocycles. The molecule has 1 aromatic rings. The van der Waals surface area contributed by atoms with Crippen LogP contribution in [0.5, 0.6) is 5.75 Å². The Balaban J connectivity index is 1.77. The van der Waals surface area contributed by atoms with E-state index in [1.54, 1.807) is 0 Å². The molecule has 3 nitrogen and oxygen atoms in total. The van der Waals surface area contributed by atoms with E-state index in [1.165, 1.54) is 36.8 Å². The smallest absolute Gasteiger partial charge is 0.225 e. The van der Waals surface area contributed by atoms with E-state index in [0.29, 0.717) is 0 Å². The lowest BCUT2D eigenvalue weighted by Crippen LogP contribution is -2.38. The summed E-state index contributed by atoms with van der Waals surface area (Å²) >= 11 is 0. The van der Waals surface area contributed by atoms with Crippen molar-refractivity contribution >= 4 is 23.0 Å². The highest BCUT2D eigenvalue weighted by Crippen LogP contribution is 2.53. The maximum absolute atomic E-state index is 13.3. The van der Waals surface area contributed by atoms with Crippen LogP contribution in [0.15, 0.2) is 24.3 Å². The first-order valence-electron chi connectivity index (χ1n) is 11.2. The summed E-state index contributed by atoms with van der Waals surface area (Å²) in [6, 6.07) is 4.10. The van der Waals surface area contributed by atoms with Crippen LogP contribution in [0.4, 0.5) is 5.69 Å². The van der Waals surface area contributed by atoms with Crippen LogP contribution in [0, 0.1) is 16.0 Å². The molecule has 3 aliphatic rings. The zero-order chi connectivity index (χ0) is 21.0. The Labute approximate surface area is 175 Å². The molecule has 29 heavy (non-hydrogen) atoms. The molecule has 0 fully saturated rings. The summed E-state index contributed by atoms with van der Waals surface area (Å²) in [6.07, 6.45) is 13.8. The second-order valence-corrected chi connectivity index (χ2v) is 10.7. The Bertz CT molecular complexity index is 932. The maximum Gasteiger partial charge on any atom is 0.225 e. The summed E-state index contributed by atoms with van der Waals surface area (Å²) in [5.41, 5.74) is 4.48. The lowest BCUT2D eigenvalue weighted by molar-refractivity contribution is -0.361. The highest BCUT2D eigenvalue weighted by Gasteiger charge is 2.49. The number of ether oxygens (including phenoxy) is 1. The molecule has 1 atom stereocenters. The fourth-order valence-corrected chi connectivity index (χ4v) is 5.55. The molecule has 0 amide bonds. The monoisotopic (exact) mass is 393 g/mol. The van der Waals surface area contributed by atoms with Crippen molar-refractivity contribution in [1.82, 2.24) is 0 Å². The zero-order valence-electron chi connectivity index (χ0n) is 18.9. The number of hydrogen-bond acceptors (Lipinski definition) is 2. The molecular formula is C26H35NO2. The number of unbranched alkanes of at least 4 members (excludes halogenated alkanes) is 3. The maximum atomic E-state index is 13.3. The molecular weight excluding hydrogens is 358 g/mol. The van der Waals surface area contributed by atoms with Crippen molar-refractivity contribution in [3.63, 3.8) is 0 Å². The van der Waals surface area contributed by atoms with Gasteiger partial charge in [-0.05, 0) is 58.1 Å². The molecule has 156 valence electrons. The third-order valence-corrected chi connectivity index (χ3v) is 6.71. The van der Waals surface area contributed by atoms with Gasteiger partial charge in [-0.2, -0.15) is 4.74 Å². The highest BCUT2D eigenvalue weighted by atomic mass is 16.5. The first kappa shape index (κ1) is 20.3. The standard InChI is InChI=1S/C26H35NO2/c1-7-8-9-10-12-26(6)16-20-19-15-22-18(11-13-25(4,5)29-22)14-21(19)27(28)23(20)24(2,3)17-26/h11,13-16H,7-10,12,17H2,1-6H3. The van der Waals surface area contributed by atoms with Gasteiger partial charge in [0.05, 0.1) is 16.6 Å². The fraction of sp³-hybridized carbons (Fsp3) is 0.577. The number of allylic oxidation sites excluding steroid dienone is 2. The molecule has 0 N–H and O–H groups in total. The van der Waals surface area contributed by atoms with Gasteiger partial charge in [-0.1, -0.05) is 51.7 Å². The van der Waals surface area contributed by atoms with Gasteiger partial charge >= 0.3 is 0 Å². The van der Waals surface area contributed by atoms with E-state index in [1.807, 2.05) is 6.07 Å². The van der Waals surface area contributed by atoms with Crippen molar-refractivity contribution in [2.75, 3.05) is 0 Å². The predicted octanol–water partition coefficient (Wildman–Crippen LogP) is 7.26. The van der Waals surface area contributed by atoms with Crippen molar-refractivity contribution in [3.8, 4) is 5.75 Å². The minimum atomic E-state index is -0.322. The molecule has 0 aromatic heterocycles. The SMILES string of the molecule is CCCCCCC1(C)C=C2C(=[N+]([O-])c3cc4c(cc32)OC(C)(C)C=C4)C(C)(C)C1. The molecule has 3 heteroatoms. The lowest BCUT2D eigenvalue weighted by Gasteiger charge is -2.39. The van der Waals surface area contributed by atoms with Gasteiger partial charge < -0.3 is 9.94 Å². The van der Waals surface area contributed by atoms with Gasteiger partial charge in [0.2, 0.25) is 11.4 Å². The Hall–Kier alpha value is -2.03. The molecule has 2 aliphatic heterocycles. The van der Waals surface area contributed by atoms with Crippen LogP contribution < -0.4 is 4.74 Å². The molecule has 1 aliphatic carbocycles. The Kier molecular flexibility index (Phi) is 4.72. The van der Waals surface area contributed by atoms with Crippen molar-refractivity contribution in [3.05, 3.63) is 40.6 Å². The van der Waals surface area contributed by atoms with Crippen molar-refractivity contribution in [1.29, 1.82) is 0 Å². The van der Waals surface area contributed by atoms with Gasteiger partial charge in [0.25, 0.3) is 0 Å². The number of nitrogens with zero attached hydrogens (tertiary/aromatic N) is 1. The normalized spacial score (nSPS) is 25.8. The summed E-state index contributed by atoms with van der Waals surface area (Å²) in [5, 5.41) is 13.3. The van der Waals surface area contributed by atoms with Crippen molar-refractivity contribution in [2.24, 2.45) is 10.8 Å². The molecule has 0 saturated carbocycles. The van der Waals surface area contributed by atoms with Gasteiger partial charge in [-0.15, -0.1) is 0 Å². The number of fused-ring (bicyclic) bond motifs is 4. The van der Waals surface area contributed by atoms with Crippen LogP contribution in [-0.2, 0) is 0 Å². The van der Waals surface area contributed by atoms with E-state index in [4.69, 9.17) is 4.74 Å². The fourth-order valence-electron chi connectivity index (χ4n) is 5.55. The van der Waals surface area contributed by atoms with Crippen LogP contribution in [0.25, 0.3) is 11.6 Å². The van der Waals surface area contributed by atoms with Crippen molar-refractivity contribution < 1.29 is 9.48 Å². The molecule has 0 radical (unpaired) electrons. The molecule has 0 saturated heterocycles. The van der Waals surface area contributed by atoms with Gasteiger partial charge in [-0.25, -0.2) is 0 Å². The van der Waals surface area contributed by atoms with Crippen LogP contribution in [0.3, 0.4) is 0 Å². The topological polar surface area (TPSA) is 35.3 Å². The van der Waals surface area contributed by atoms with Crippen LogP contribution in [0.1, 0.15) is 91.2 Å². The van der Waals surface area contributed by atoms with Crippen LogP contribution in [-0.4, -0.2) is 16.1 Å². The van der Waals surface area contributed by atoms with E-state index in [2.05, 4.69) is 65.8 Å². The summed E-state index contributed by atoms with van der Waals surface area (Å²) in [5.74, 6) is 0.875. The second-order valence-electron chi connectivity index (χ2n) is 10.7. The van der Waals surface area contributed by atoms with Gasteiger partial charge in [0.15, 0.2) is 0 Å². The third kappa shape index (κ3) is 3.53. The first-order chi connectivity index (χ1) is 13.6. The molecule has 4 rings (SSSR count). The van der Waals surface area contributed by atoms with Crippen molar-refractivity contribution in [2.45, 2.75) is 85.7 Å². The zero-order valence-corrected chi connectivity index (χ0v) is 18.9. The van der Waals surface area contributed by atoms with E-state index in [9.17, 15) is 5.21 Å². The largest absolute Gasteiger partial charge is 0.618 e. The quantitative estimate of drug-likeness (QED) is 0.300. The minimum Gasteiger partial charge on any atom is -0.618 e. The number of benzene rings is 1. The van der Waals surface area contributed by atoms with E-state index < -0.39 is 0 Å². The van der Waals surface area contributed by atoms with Gasteiger partial charge in [0, 0.05) is 11.6 Å². The Morgan fingerprint density at radius 1 is 1.07 bits per heavy atom. The van der Waals surface area contributed by atoms with Gasteiger partial charge in [-0.3, -0.25) is 0 Å². The van der Waals surface area contributed by atoms with Crippen LogP contribution >= 0.6 is 0 Å².